The van der Waals surface area contributed by atoms with E-state index < -0.39 is 5.82 Å². The van der Waals surface area contributed by atoms with Crippen LogP contribution < -0.4 is 10.5 Å². The molecule has 0 unspecified atom stereocenters. The Balaban J connectivity index is 2.28. The van der Waals surface area contributed by atoms with Gasteiger partial charge in [-0.3, -0.25) is 0 Å². The molecule has 0 saturated carbocycles. The van der Waals surface area contributed by atoms with E-state index in [0.29, 0.717) is 10.2 Å². The first-order valence-corrected chi connectivity index (χ1v) is 6.01. The fourth-order valence-corrected chi connectivity index (χ4v) is 1.78. The van der Waals surface area contributed by atoms with E-state index in [0.717, 1.165) is 0 Å². The van der Waals surface area contributed by atoms with Crippen LogP contribution in [0.3, 0.4) is 0 Å². The van der Waals surface area contributed by atoms with Gasteiger partial charge in [0, 0.05) is 16.7 Å². The first-order chi connectivity index (χ1) is 8.54. The predicted octanol–water partition coefficient (Wildman–Crippen LogP) is 2.80. The van der Waals surface area contributed by atoms with Crippen LogP contribution in [-0.2, 0) is 0 Å². The molecule has 0 fully saturated rings. The van der Waals surface area contributed by atoms with Gasteiger partial charge >= 0.3 is 6.01 Å². The summed E-state index contributed by atoms with van der Waals surface area (Å²) in [6, 6.07) is 5.76. The summed E-state index contributed by atoms with van der Waals surface area (Å²) >= 11 is 7.95. The monoisotopic (exact) mass is 327 g/mol. The van der Waals surface area contributed by atoms with Crippen LogP contribution in [0.4, 0.5) is 4.39 Å². The molecule has 1 aromatic carbocycles. The molecule has 2 N–H and O–H groups in total. The molecule has 0 saturated heterocycles. The normalized spacial score (nSPS) is 10.1. The lowest BCUT2D eigenvalue weighted by Crippen LogP contribution is -2.12. The summed E-state index contributed by atoms with van der Waals surface area (Å²) < 4.78 is 19.0. The minimum atomic E-state index is -0.426. The lowest BCUT2D eigenvalue weighted by atomic mass is 10.3. The third-order valence-corrected chi connectivity index (χ3v) is 2.60. The Bertz CT molecular complexity index is 588. The molecule has 0 aliphatic heterocycles. The van der Waals surface area contributed by atoms with Crippen LogP contribution in [0.5, 0.6) is 11.8 Å². The molecular formula is C11H7BrFN3OS. The smallest absolute Gasteiger partial charge is 0.322 e. The van der Waals surface area contributed by atoms with Gasteiger partial charge in [-0.25, -0.2) is 9.37 Å². The number of nitrogens with two attached hydrogens (primary N) is 1. The number of hydrogen-bond donors (Lipinski definition) is 1. The van der Waals surface area contributed by atoms with Crippen LogP contribution in [0, 0.1) is 5.82 Å². The van der Waals surface area contributed by atoms with Crippen LogP contribution >= 0.6 is 28.1 Å². The van der Waals surface area contributed by atoms with Crippen molar-refractivity contribution < 1.29 is 9.13 Å². The van der Waals surface area contributed by atoms with Gasteiger partial charge < -0.3 is 10.5 Å². The fraction of sp³-hybridized carbons (Fsp3) is 0. The van der Waals surface area contributed by atoms with Crippen molar-refractivity contribution in [2.45, 2.75) is 0 Å². The van der Waals surface area contributed by atoms with E-state index >= 15 is 0 Å². The van der Waals surface area contributed by atoms with Crippen molar-refractivity contribution in [2.75, 3.05) is 0 Å². The maximum absolute atomic E-state index is 13.1. The van der Waals surface area contributed by atoms with Crippen LogP contribution in [0.1, 0.15) is 5.69 Å². The highest BCUT2D eigenvalue weighted by Crippen LogP contribution is 2.23. The van der Waals surface area contributed by atoms with E-state index in [-0.39, 0.29) is 16.7 Å². The molecular weight excluding hydrogens is 321 g/mol. The average molecular weight is 328 g/mol. The summed E-state index contributed by atoms with van der Waals surface area (Å²) in [6.45, 7) is 0. The quantitative estimate of drug-likeness (QED) is 0.878. The Morgan fingerprint density at radius 3 is 2.83 bits per heavy atom. The topological polar surface area (TPSA) is 61.0 Å². The summed E-state index contributed by atoms with van der Waals surface area (Å²) in [6.07, 6.45) is 1.46. The van der Waals surface area contributed by atoms with Crippen LogP contribution in [0.25, 0.3) is 0 Å². The van der Waals surface area contributed by atoms with E-state index in [1.807, 2.05) is 0 Å². The molecule has 2 rings (SSSR count). The SMILES string of the molecule is NC(=S)c1ccnc(Oc2cc(F)cc(Br)c2)n1. The summed E-state index contributed by atoms with van der Waals surface area (Å²) in [5.41, 5.74) is 5.84. The second kappa shape index (κ2) is 5.36. The van der Waals surface area contributed by atoms with Crippen molar-refractivity contribution in [1.82, 2.24) is 9.97 Å². The average Bonchev–Trinajstić information content (AvgIpc) is 2.27. The van der Waals surface area contributed by atoms with Gasteiger partial charge in [-0.15, -0.1) is 0 Å². The van der Waals surface area contributed by atoms with Gasteiger partial charge in [0.1, 0.15) is 22.2 Å². The van der Waals surface area contributed by atoms with Crippen molar-refractivity contribution in [1.29, 1.82) is 0 Å². The van der Waals surface area contributed by atoms with E-state index in [4.69, 9.17) is 22.7 Å². The second-order valence-corrected chi connectivity index (χ2v) is 4.65. The molecule has 1 heterocycles. The molecule has 4 nitrogen and oxygen atoms in total. The van der Waals surface area contributed by atoms with Gasteiger partial charge in [-0.2, -0.15) is 4.98 Å². The van der Waals surface area contributed by atoms with Gasteiger partial charge in [-0.1, -0.05) is 28.1 Å². The van der Waals surface area contributed by atoms with E-state index in [2.05, 4.69) is 25.9 Å². The van der Waals surface area contributed by atoms with Gasteiger partial charge in [-0.05, 0) is 18.2 Å². The maximum atomic E-state index is 13.1. The minimum Gasteiger partial charge on any atom is -0.424 e. The van der Waals surface area contributed by atoms with E-state index in [1.54, 1.807) is 12.1 Å². The van der Waals surface area contributed by atoms with Crippen LogP contribution in [0.15, 0.2) is 34.9 Å². The summed E-state index contributed by atoms with van der Waals surface area (Å²) in [5, 5.41) is 0. The van der Waals surface area contributed by atoms with Crippen LogP contribution in [0.2, 0.25) is 0 Å². The van der Waals surface area contributed by atoms with Gasteiger partial charge in [0.15, 0.2) is 0 Å². The van der Waals surface area contributed by atoms with E-state index in [1.165, 1.54) is 18.3 Å². The number of nitrogens with zero attached hydrogens (tertiary/aromatic N) is 2. The number of benzene rings is 1. The number of halogens is 2. The highest BCUT2D eigenvalue weighted by molar-refractivity contribution is 9.10. The molecule has 2 aromatic rings. The van der Waals surface area contributed by atoms with Gasteiger partial charge in [0.05, 0.1) is 0 Å². The van der Waals surface area contributed by atoms with Crippen LogP contribution in [-0.4, -0.2) is 15.0 Å². The van der Waals surface area contributed by atoms with Crippen molar-refractivity contribution in [3.63, 3.8) is 0 Å². The van der Waals surface area contributed by atoms with Gasteiger partial charge in [0.25, 0.3) is 0 Å². The van der Waals surface area contributed by atoms with Crippen molar-refractivity contribution >= 4 is 33.1 Å². The number of ether oxygens (including phenoxy) is 1. The number of thiocarbonyl (C=S) groups is 1. The molecule has 0 atom stereocenters. The molecule has 0 radical (unpaired) electrons. The molecule has 18 heavy (non-hydrogen) atoms. The third-order valence-electron chi connectivity index (χ3n) is 1.93. The Labute approximate surface area is 116 Å². The summed E-state index contributed by atoms with van der Waals surface area (Å²) in [5.74, 6) is -0.146. The highest BCUT2D eigenvalue weighted by atomic mass is 79.9. The first-order valence-electron chi connectivity index (χ1n) is 4.81. The highest BCUT2D eigenvalue weighted by Gasteiger charge is 2.06. The third kappa shape index (κ3) is 3.21. The Kier molecular flexibility index (Phi) is 3.83. The van der Waals surface area contributed by atoms with E-state index in [9.17, 15) is 4.39 Å². The summed E-state index contributed by atoms with van der Waals surface area (Å²) in [4.78, 5) is 8.02. The lowest BCUT2D eigenvalue weighted by Gasteiger charge is -2.05. The molecule has 0 spiro atoms. The maximum Gasteiger partial charge on any atom is 0.322 e. The molecule has 0 aliphatic carbocycles. The Morgan fingerprint density at radius 2 is 2.17 bits per heavy atom. The molecule has 0 amide bonds. The molecule has 0 bridgehead atoms. The molecule has 1 aromatic heterocycles. The molecule has 7 heteroatoms. The number of aromatic nitrogens is 2. The number of rotatable bonds is 3. The standard InChI is InChI=1S/C11H7BrFN3OS/c12-6-3-7(13)5-8(4-6)17-11-15-2-1-9(16-11)10(14)18/h1-5H,(H2,14,18). The molecule has 0 aliphatic rings. The zero-order valence-corrected chi connectivity index (χ0v) is 11.3. The Hall–Kier alpha value is -1.60. The minimum absolute atomic E-state index is 0.0535. The van der Waals surface area contributed by atoms with Crippen molar-refractivity contribution in [3.05, 3.63) is 46.4 Å². The number of hydrogen-bond acceptors (Lipinski definition) is 4. The lowest BCUT2D eigenvalue weighted by molar-refractivity contribution is 0.437. The first kappa shape index (κ1) is 12.8. The largest absolute Gasteiger partial charge is 0.424 e. The Morgan fingerprint density at radius 1 is 1.39 bits per heavy atom. The zero-order chi connectivity index (χ0) is 13.1. The predicted molar refractivity (Wildman–Crippen MR) is 72.1 cm³/mol. The fourth-order valence-electron chi connectivity index (χ4n) is 1.22. The second-order valence-electron chi connectivity index (χ2n) is 3.30. The zero-order valence-electron chi connectivity index (χ0n) is 8.93. The van der Waals surface area contributed by atoms with Crippen molar-refractivity contribution in [2.24, 2.45) is 5.73 Å². The summed E-state index contributed by atoms with van der Waals surface area (Å²) in [7, 11) is 0. The van der Waals surface area contributed by atoms with Gasteiger partial charge in [0.2, 0.25) is 0 Å². The molecule has 92 valence electrons. The van der Waals surface area contributed by atoms with Crippen molar-refractivity contribution in [3.8, 4) is 11.8 Å².